The monoisotopic (exact) mass is 393 g/mol. The first-order valence-corrected chi connectivity index (χ1v) is 10.4. The number of aromatic nitrogens is 3. The molecule has 1 aliphatic rings. The molecule has 1 aliphatic heterocycles. The summed E-state index contributed by atoms with van der Waals surface area (Å²) >= 11 is 1.65. The van der Waals surface area contributed by atoms with Gasteiger partial charge in [0.1, 0.15) is 0 Å². The van der Waals surface area contributed by atoms with E-state index >= 15 is 0 Å². The molecule has 1 amide bonds. The van der Waals surface area contributed by atoms with Gasteiger partial charge in [0, 0.05) is 50.4 Å². The molecule has 0 saturated carbocycles. The molecule has 0 spiro atoms. The summed E-state index contributed by atoms with van der Waals surface area (Å²) < 4.78 is 0. The molecule has 3 heterocycles. The SMILES string of the molecule is O=C(Cc1csc(CCc2ccccc2)n1)N1CCN(c2ncccn2)CC1. The van der Waals surface area contributed by atoms with Gasteiger partial charge in [-0.25, -0.2) is 15.0 Å². The molecule has 1 aromatic carbocycles. The second-order valence-corrected chi connectivity index (χ2v) is 7.75. The van der Waals surface area contributed by atoms with Gasteiger partial charge in [-0.2, -0.15) is 0 Å². The highest BCUT2D eigenvalue weighted by Crippen LogP contribution is 2.15. The fraction of sp³-hybridized carbons (Fsp3) is 0.333. The van der Waals surface area contributed by atoms with Gasteiger partial charge in [0.2, 0.25) is 11.9 Å². The molecule has 0 aliphatic carbocycles. The van der Waals surface area contributed by atoms with Gasteiger partial charge in [-0.05, 0) is 18.1 Å². The number of nitrogens with zero attached hydrogens (tertiary/aromatic N) is 5. The number of rotatable bonds is 6. The Morgan fingerprint density at radius 2 is 1.71 bits per heavy atom. The topological polar surface area (TPSA) is 62.2 Å². The van der Waals surface area contributed by atoms with Crippen molar-refractivity contribution in [2.75, 3.05) is 31.1 Å². The molecule has 1 fully saturated rings. The second kappa shape index (κ2) is 8.93. The molecule has 3 aromatic rings. The van der Waals surface area contributed by atoms with Crippen LogP contribution in [0, 0.1) is 0 Å². The van der Waals surface area contributed by atoms with Crippen LogP contribution in [0.5, 0.6) is 0 Å². The molecule has 0 unspecified atom stereocenters. The van der Waals surface area contributed by atoms with Gasteiger partial charge >= 0.3 is 0 Å². The van der Waals surface area contributed by atoms with Gasteiger partial charge in [-0.3, -0.25) is 4.79 Å². The number of hydrogen-bond acceptors (Lipinski definition) is 6. The summed E-state index contributed by atoms with van der Waals surface area (Å²) in [6, 6.07) is 12.2. The highest BCUT2D eigenvalue weighted by Gasteiger charge is 2.23. The lowest BCUT2D eigenvalue weighted by Gasteiger charge is -2.34. The van der Waals surface area contributed by atoms with Crippen molar-refractivity contribution in [3.8, 4) is 0 Å². The minimum absolute atomic E-state index is 0.147. The maximum absolute atomic E-state index is 12.6. The van der Waals surface area contributed by atoms with Gasteiger partial charge in [0.15, 0.2) is 0 Å². The van der Waals surface area contributed by atoms with Gasteiger partial charge in [-0.1, -0.05) is 30.3 Å². The zero-order valence-electron chi connectivity index (χ0n) is 15.7. The van der Waals surface area contributed by atoms with Gasteiger partial charge < -0.3 is 9.80 Å². The van der Waals surface area contributed by atoms with Crippen molar-refractivity contribution >= 4 is 23.2 Å². The third-order valence-corrected chi connectivity index (χ3v) is 5.83. The lowest BCUT2D eigenvalue weighted by atomic mass is 10.1. The Kier molecular flexibility index (Phi) is 5.92. The molecule has 0 N–H and O–H groups in total. The molecular weight excluding hydrogens is 370 g/mol. The van der Waals surface area contributed by atoms with E-state index < -0.39 is 0 Å². The molecule has 0 bridgehead atoms. The van der Waals surface area contributed by atoms with Crippen molar-refractivity contribution in [1.82, 2.24) is 19.9 Å². The Morgan fingerprint density at radius 3 is 2.46 bits per heavy atom. The van der Waals surface area contributed by atoms with Crippen LogP contribution in [0.2, 0.25) is 0 Å². The molecule has 7 heteroatoms. The van der Waals surface area contributed by atoms with E-state index in [0.717, 1.165) is 42.6 Å². The fourth-order valence-electron chi connectivity index (χ4n) is 3.32. The predicted octanol–water partition coefficient (Wildman–Crippen LogP) is 2.61. The zero-order valence-corrected chi connectivity index (χ0v) is 16.5. The van der Waals surface area contributed by atoms with E-state index in [9.17, 15) is 4.79 Å². The van der Waals surface area contributed by atoms with Crippen LogP contribution in [0.25, 0.3) is 0 Å². The summed E-state index contributed by atoms with van der Waals surface area (Å²) in [4.78, 5) is 29.9. The molecule has 0 atom stereocenters. The van der Waals surface area contributed by atoms with Crippen LogP contribution in [0.15, 0.2) is 54.2 Å². The third kappa shape index (κ3) is 4.72. The van der Waals surface area contributed by atoms with Crippen LogP contribution in [0.4, 0.5) is 5.95 Å². The number of benzene rings is 1. The summed E-state index contributed by atoms with van der Waals surface area (Å²) in [7, 11) is 0. The Hall–Kier alpha value is -2.80. The third-order valence-electron chi connectivity index (χ3n) is 4.87. The number of hydrogen-bond donors (Lipinski definition) is 0. The molecule has 0 radical (unpaired) electrons. The van der Waals surface area contributed by atoms with E-state index in [0.29, 0.717) is 19.5 Å². The molecular formula is C21H23N5OS. The van der Waals surface area contributed by atoms with E-state index in [-0.39, 0.29) is 5.91 Å². The van der Waals surface area contributed by atoms with Crippen molar-refractivity contribution in [3.05, 3.63) is 70.4 Å². The minimum atomic E-state index is 0.147. The maximum atomic E-state index is 12.6. The van der Waals surface area contributed by atoms with Crippen molar-refractivity contribution < 1.29 is 4.79 Å². The average Bonchev–Trinajstić information content (AvgIpc) is 3.21. The first-order chi connectivity index (χ1) is 13.8. The number of anilines is 1. The van der Waals surface area contributed by atoms with Crippen molar-refractivity contribution in [2.45, 2.75) is 19.3 Å². The number of amides is 1. The van der Waals surface area contributed by atoms with Crippen LogP contribution < -0.4 is 4.90 Å². The van der Waals surface area contributed by atoms with E-state index in [1.807, 2.05) is 22.4 Å². The molecule has 6 nitrogen and oxygen atoms in total. The number of carbonyl (C=O) groups excluding carboxylic acids is 1. The summed E-state index contributed by atoms with van der Waals surface area (Å²) in [5, 5.41) is 3.12. The first kappa shape index (κ1) is 18.6. The maximum Gasteiger partial charge on any atom is 0.228 e. The van der Waals surface area contributed by atoms with Crippen LogP contribution in [0.3, 0.4) is 0 Å². The lowest BCUT2D eigenvalue weighted by molar-refractivity contribution is -0.130. The number of thiazole rings is 1. The Morgan fingerprint density at radius 1 is 0.964 bits per heavy atom. The highest BCUT2D eigenvalue weighted by atomic mass is 32.1. The van der Waals surface area contributed by atoms with Gasteiger partial charge in [0.25, 0.3) is 0 Å². The molecule has 28 heavy (non-hydrogen) atoms. The molecule has 2 aromatic heterocycles. The van der Waals surface area contributed by atoms with Crippen LogP contribution >= 0.6 is 11.3 Å². The van der Waals surface area contributed by atoms with E-state index in [1.54, 1.807) is 23.7 Å². The second-order valence-electron chi connectivity index (χ2n) is 6.81. The van der Waals surface area contributed by atoms with Crippen LogP contribution in [0.1, 0.15) is 16.3 Å². The van der Waals surface area contributed by atoms with E-state index in [4.69, 9.17) is 0 Å². The Labute approximate surface area is 168 Å². The van der Waals surface area contributed by atoms with Gasteiger partial charge in [-0.15, -0.1) is 11.3 Å². The predicted molar refractivity (Wildman–Crippen MR) is 110 cm³/mol. The summed E-state index contributed by atoms with van der Waals surface area (Å²) in [6.45, 7) is 2.91. The lowest BCUT2D eigenvalue weighted by Crippen LogP contribution is -2.49. The molecule has 4 rings (SSSR count). The highest BCUT2D eigenvalue weighted by molar-refractivity contribution is 7.09. The van der Waals surface area contributed by atoms with Crippen LogP contribution in [-0.4, -0.2) is 51.9 Å². The quantitative estimate of drug-likeness (QED) is 0.644. The number of carbonyl (C=O) groups is 1. The average molecular weight is 394 g/mol. The van der Waals surface area contributed by atoms with Crippen molar-refractivity contribution in [2.24, 2.45) is 0 Å². The van der Waals surface area contributed by atoms with Gasteiger partial charge in [0.05, 0.1) is 17.1 Å². The van der Waals surface area contributed by atoms with Crippen molar-refractivity contribution in [3.63, 3.8) is 0 Å². The standard InChI is InChI=1S/C21H23N5OS/c27-20(25-11-13-26(14-12-25)21-22-9-4-10-23-21)15-18-16-28-19(24-18)8-7-17-5-2-1-3-6-17/h1-6,9-10,16H,7-8,11-15H2. The fourth-order valence-corrected chi connectivity index (χ4v) is 4.12. The molecule has 144 valence electrons. The van der Waals surface area contributed by atoms with Crippen LogP contribution in [-0.2, 0) is 24.1 Å². The first-order valence-electron chi connectivity index (χ1n) is 9.55. The normalized spacial score (nSPS) is 14.3. The zero-order chi connectivity index (χ0) is 19.2. The largest absolute Gasteiger partial charge is 0.339 e. The van der Waals surface area contributed by atoms with Crippen molar-refractivity contribution in [1.29, 1.82) is 0 Å². The summed E-state index contributed by atoms with van der Waals surface area (Å²) in [5.74, 6) is 0.880. The Bertz CT molecular complexity index is 891. The van der Waals surface area contributed by atoms with E-state index in [2.05, 4.69) is 44.1 Å². The number of piperazine rings is 1. The summed E-state index contributed by atoms with van der Waals surface area (Å²) in [5.41, 5.74) is 2.20. The number of aryl methyl sites for hydroxylation is 2. The Balaban J connectivity index is 1.26. The summed E-state index contributed by atoms with van der Waals surface area (Å²) in [6.07, 6.45) is 5.77. The minimum Gasteiger partial charge on any atom is -0.339 e. The van der Waals surface area contributed by atoms with E-state index in [1.165, 1.54) is 5.56 Å². The molecule has 1 saturated heterocycles. The smallest absolute Gasteiger partial charge is 0.228 e.